The van der Waals surface area contributed by atoms with Crippen molar-refractivity contribution in [1.82, 2.24) is 9.13 Å². The molecule has 0 bridgehead atoms. The lowest BCUT2D eigenvalue weighted by Gasteiger charge is -2.16. The highest BCUT2D eigenvalue weighted by Crippen LogP contribution is 2.39. The van der Waals surface area contributed by atoms with Gasteiger partial charge in [0.15, 0.2) is 0 Å². The van der Waals surface area contributed by atoms with Crippen LogP contribution in [0.25, 0.3) is 77.2 Å². The molecule has 0 saturated heterocycles. The van der Waals surface area contributed by atoms with Gasteiger partial charge >= 0.3 is 0 Å². The number of hydrogen-bond donors (Lipinski definition) is 0. The summed E-state index contributed by atoms with van der Waals surface area (Å²) in [6.45, 7) is 0. The summed E-state index contributed by atoms with van der Waals surface area (Å²) in [6, 6.07) is 57.9. The topological polar surface area (TPSA) is 81.2 Å². The molecular formula is C45H25N5. The molecule has 5 nitrogen and oxygen atoms in total. The third-order valence-electron chi connectivity index (χ3n) is 9.60. The molecule has 0 radical (unpaired) electrons. The number of fused-ring (bicyclic) bond motifs is 6. The van der Waals surface area contributed by atoms with Crippen LogP contribution >= 0.6 is 0 Å². The lowest BCUT2D eigenvalue weighted by Crippen LogP contribution is -1.98. The van der Waals surface area contributed by atoms with Crippen molar-refractivity contribution < 1.29 is 0 Å². The third kappa shape index (κ3) is 4.38. The fourth-order valence-corrected chi connectivity index (χ4v) is 7.40. The van der Waals surface area contributed by atoms with E-state index < -0.39 is 0 Å². The second kappa shape index (κ2) is 11.4. The molecule has 2 aromatic heterocycles. The van der Waals surface area contributed by atoms with Crippen molar-refractivity contribution in [3.05, 3.63) is 168 Å². The Balaban J connectivity index is 1.23. The molecule has 2 heterocycles. The maximum absolute atomic E-state index is 10.1. The van der Waals surface area contributed by atoms with Crippen LogP contribution in [0.4, 0.5) is 0 Å². The smallest absolute Gasteiger partial charge is 0.101 e. The van der Waals surface area contributed by atoms with Gasteiger partial charge in [0, 0.05) is 32.8 Å². The van der Waals surface area contributed by atoms with Gasteiger partial charge in [-0.3, -0.25) is 0 Å². The molecule has 0 atom stereocenters. The number of aromatic nitrogens is 2. The van der Waals surface area contributed by atoms with Crippen LogP contribution in [-0.2, 0) is 0 Å². The van der Waals surface area contributed by atoms with E-state index in [0.29, 0.717) is 16.7 Å². The van der Waals surface area contributed by atoms with Gasteiger partial charge in [0.25, 0.3) is 0 Å². The monoisotopic (exact) mass is 635 g/mol. The van der Waals surface area contributed by atoms with E-state index in [1.54, 1.807) is 0 Å². The van der Waals surface area contributed by atoms with Crippen LogP contribution in [0, 0.1) is 34.0 Å². The second-order valence-electron chi connectivity index (χ2n) is 12.3. The lowest BCUT2D eigenvalue weighted by atomic mass is 9.96. The Hall–Kier alpha value is -7.39. The van der Waals surface area contributed by atoms with Crippen molar-refractivity contribution >= 4 is 43.6 Å². The van der Waals surface area contributed by atoms with E-state index in [4.69, 9.17) is 0 Å². The van der Waals surface area contributed by atoms with Gasteiger partial charge in [-0.15, -0.1) is 0 Å². The average Bonchev–Trinajstić information content (AvgIpc) is 3.70. The lowest BCUT2D eigenvalue weighted by molar-refractivity contribution is 1.17. The molecule has 0 spiro atoms. The molecule has 0 saturated carbocycles. The van der Waals surface area contributed by atoms with Gasteiger partial charge in [-0.2, -0.15) is 15.8 Å². The van der Waals surface area contributed by atoms with E-state index >= 15 is 0 Å². The molecule has 5 heteroatoms. The summed E-state index contributed by atoms with van der Waals surface area (Å²) in [5.41, 5.74) is 11.7. The van der Waals surface area contributed by atoms with E-state index in [1.165, 1.54) is 0 Å². The third-order valence-corrected chi connectivity index (χ3v) is 9.60. The predicted molar refractivity (Wildman–Crippen MR) is 200 cm³/mol. The Morgan fingerprint density at radius 3 is 1.78 bits per heavy atom. The number of nitriles is 3. The van der Waals surface area contributed by atoms with Crippen molar-refractivity contribution in [3.63, 3.8) is 0 Å². The highest BCUT2D eigenvalue weighted by atomic mass is 15.0. The van der Waals surface area contributed by atoms with Gasteiger partial charge < -0.3 is 9.13 Å². The Morgan fingerprint density at radius 2 is 1.00 bits per heavy atom. The zero-order valence-electron chi connectivity index (χ0n) is 26.7. The summed E-state index contributed by atoms with van der Waals surface area (Å²) in [7, 11) is 0. The number of rotatable bonds is 4. The maximum Gasteiger partial charge on any atom is 0.101 e. The molecule has 0 aliphatic heterocycles. The standard InChI is InChI=1S/C45H25N5/c46-26-29-19-21-43-40(22-29)38-14-2-4-17-42(38)50(43)44-23-30(27-47)18-20-36(44)33-10-5-8-31(24-33)32-9-6-12-35(25-32)49-41-16-3-1-13-37(41)39-15-7-11-34(28-48)45(39)49/h1-25H. The molecular weight excluding hydrogens is 611 g/mol. The number of benzene rings is 7. The zero-order chi connectivity index (χ0) is 33.8. The predicted octanol–water partition coefficient (Wildman–Crippen LogP) is 10.8. The molecule has 9 rings (SSSR count). The number of para-hydroxylation sites is 3. The van der Waals surface area contributed by atoms with Gasteiger partial charge in [-0.25, -0.2) is 0 Å². The molecule has 0 N–H and O–H groups in total. The summed E-state index contributed by atoms with van der Waals surface area (Å²) < 4.78 is 4.39. The van der Waals surface area contributed by atoms with Crippen molar-refractivity contribution in [1.29, 1.82) is 15.8 Å². The first-order chi connectivity index (χ1) is 24.7. The Morgan fingerprint density at radius 1 is 0.400 bits per heavy atom. The van der Waals surface area contributed by atoms with Crippen LogP contribution in [0.2, 0.25) is 0 Å². The van der Waals surface area contributed by atoms with Gasteiger partial charge in [0.1, 0.15) is 6.07 Å². The first kappa shape index (κ1) is 28.8. The Bertz CT molecular complexity index is 2970. The van der Waals surface area contributed by atoms with Crippen molar-refractivity contribution in [3.8, 4) is 51.8 Å². The summed E-state index contributed by atoms with van der Waals surface area (Å²) in [5.74, 6) is 0. The minimum Gasteiger partial charge on any atom is -0.309 e. The minimum atomic E-state index is 0.565. The number of hydrogen-bond acceptors (Lipinski definition) is 3. The molecule has 9 aromatic rings. The van der Waals surface area contributed by atoms with Crippen molar-refractivity contribution in [2.24, 2.45) is 0 Å². The first-order valence-corrected chi connectivity index (χ1v) is 16.3. The van der Waals surface area contributed by atoms with Crippen LogP contribution in [0.15, 0.2) is 152 Å². The zero-order valence-corrected chi connectivity index (χ0v) is 26.7. The largest absolute Gasteiger partial charge is 0.309 e. The SMILES string of the molecule is N#Cc1ccc(-c2cccc(-c3cccc(-n4c5ccccc5c5cccc(C#N)c54)c3)c2)c(-n2c3ccccc3c3cc(C#N)ccc32)c1. The van der Waals surface area contributed by atoms with Gasteiger partial charge in [0.2, 0.25) is 0 Å². The highest BCUT2D eigenvalue weighted by molar-refractivity contribution is 6.11. The van der Waals surface area contributed by atoms with Gasteiger partial charge in [0.05, 0.1) is 56.6 Å². The van der Waals surface area contributed by atoms with Crippen LogP contribution in [-0.4, -0.2) is 9.13 Å². The molecule has 7 aromatic carbocycles. The van der Waals surface area contributed by atoms with E-state index in [-0.39, 0.29) is 0 Å². The summed E-state index contributed by atoms with van der Waals surface area (Å²) in [6.07, 6.45) is 0. The highest BCUT2D eigenvalue weighted by Gasteiger charge is 2.18. The van der Waals surface area contributed by atoms with Crippen LogP contribution in [0.5, 0.6) is 0 Å². The molecule has 0 aliphatic carbocycles. The summed E-state index contributed by atoms with van der Waals surface area (Å²) in [4.78, 5) is 0. The number of nitrogens with zero attached hydrogens (tertiary/aromatic N) is 5. The van der Waals surface area contributed by atoms with Crippen LogP contribution < -0.4 is 0 Å². The normalized spacial score (nSPS) is 11.1. The first-order valence-electron chi connectivity index (χ1n) is 16.3. The molecule has 0 aliphatic rings. The average molecular weight is 636 g/mol. The fraction of sp³-hybridized carbons (Fsp3) is 0. The molecule has 230 valence electrons. The summed E-state index contributed by atoms with van der Waals surface area (Å²) in [5, 5.41) is 33.9. The minimum absolute atomic E-state index is 0.565. The second-order valence-corrected chi connectivity index (χ2v) is 12.3. The molecule has 0 amide bonds. The Labute approximate surface area is 287 Å². The summed E-state index contributed by atoms with van der Waals surface area (Å²) >= 11 is 0. The Kier molecular flexibility index (Phi) is 6.56. The maximum atomic E-state index is 10.1. The molecule has 0 fully saturated rings. The van der Waals surface area contributed by atoms with Crippen LogP contribution in [0.1, 0.15) is 16.7 Å². The van der Waals surface area contributed by atoms with Gasteiger partial charge in [-0.1, -0.05) is 84.9 Å². The molecule has 0 unspecified atom stereocenters. The van der Waals surface area contributed by atoms with Crippen molar-refractivity contribution in [2.75, 3.05) is 0 Å². The molecule has 50 heavy (non-hydrogen) atoms. The van der Waals surface area contributed by atoms with Gasteiger partial charge in [-0.05, 0) is 83.4 Å². The quantitative estimate of drug-likeness (QED) is 0.193. The van der Waals surface area contributed by atoms with E-state index in [9.17, 15) is 15.8 Å². The van der Waals surface area contributed by atoms with Crippen LogP contribution in [0.3, 0.4) is 0 Å². The van der Waals surface area contributed by atoms with E-state index in [1.807, 2.05) is 72.8 Å². The van der Waals surface area contributed by atoms with E-state index in [2.05, 4.69) is 106 Å². The van der Waals surface area contributed by atoms with E-state index in [0.717, 1.165) is 77.2 Å². The fourth-order valence-electron chi connectivity index (χ4n) is 7.40. The van der Waals surface area contributed by atoms with Crippen molar-refractivity contribution in [2.45, 2.75) is 0 Å².